The Morgan fingerprint density at radius 2 is 1.76 bits per heavy atom. The van der Waals surface area contributed by atoms with Crippen LogP contribution in [0.4, 0.5) is 0 Å². The molecular formula is C36H60N2O3S. The first-order valence-corrected chi connectivity index (χ1v) is 18.3. The number of hydrogen-bond acceptors (Lipinski definition) is 5. The number of fused-ring (bicyclic) bond motifs is 5. The molecule has 5 nitrogen and oxygen atoms in total. The van der Waals surface area contributed by atoms with Gasteiger partial charge in [0.1, 0.15) is 0 Å². The van der Waals surface area contributed by atoms with Gasteiger partial charge in [0, 0.05) is 0 Å². The molecule has 4 aliphatic carbocycles. The highest BCUT2D eigenvalue weighted by Gasteiger charge is 2.64. The molecule has 4 N–H and O–H groups in total. The highest BCUT2D eigenvalue weighted by Crippen LogP contribution is 2.69. The molecule has 4 fully saturated rings. The zero-order valence-corrected chi connectivity index (χ0v) is 28.3. The lowest BCUT2D eigenvalue weighted by molar-refractivity contribution is -0.194. The maximum atomic E-state index is 12.9. The van der Waals surface area contributed by atoms with Crippen molar-refractivity contribution in [3.8, 4) is 0 Å². The van der Waals surface area contributed by atoms with Crippen LogP contribution in [0.1, 0.15) is 118 Å². The van der Waals surface area contributed by atoms with E-state index in [1.807, 2.05) is 18.2 Å². The Bertz CT molecular complexity index is 1060. The van der Waals surface area contributed by atoms with Crippen molar-refractivity contribution in [3.63, 3.8) is 0 Å². The Morgan fingerprint density at radius 3 is 2.48 bits per heavy atom. The SMILES string of the molecule is CC[C@H]1[C@@H](O)[C@H]2C3CCC([C@H](C)CCNC(O)N[S+]([O-])c4cccc(C(C)(C)C)c4)[C@@]3(C)CCC2[C@@]2(C)CCCC[C@@H]12. The van der Waals surface area contributed by atoms with E-state index >= 15 is 0 Å². The number of rotatable bonds is 9. The minimum absolute atomic E-state index is 0.0224. The van der Waals surface area contributed by atoms with E-state index in [0.717, 1.165) is 18.4 Å². The average molecular weight is 601 g/mol. The summed E-state index contributed by atoms with van der Waals surface area (Å²) in [5.41, 5.74) is 1.80. The van der Waals surface area contributed by atoms with Gasteiger partial charge in [-0.3, -0.25) is 5.32 Å². The average Bonchev–Trinajstić information content (AvgIpc) is 3.30. The zero-order chi connectivity index (χ0) is 30.4. The van der Waals surface area contributed by atoms with Gasteiger partial charge < -0.3 is 14.8 Å². The topological polar surface area (TPSA) is 87.6 Å². The van der Waals surface area contributed by atoms with Crippen LogP contribution in [0.2, 0.25) is 0 Å². The summed E-state index contributed by atoms with van der Waals surface area (Å²) in [4.78, 5) is 0.681. The third-order valence-corrected chi connectivity index (χ3v) is 14.3. The van der Waals surface area contributed by atoms with E-state index in [2.05, 4.69) is 64.6 Å². The van der Waals surface area contributed by atoms with Gasteiger partial charge in [0.15, 0.2) is 4.90 Å². The molecule has 4 saturated carbocycles. The fourth-order valence-corrected chi connectivity index (χ4v) is 11.8. The molecule has 5 rings (SSSR count). The molecule has 0 aliphatic heterocycles. The first-order chi connectivity index (χ1) is 19.8. The molecule has 0 aromatic heterocycles. The lowest BCUT2D eigenvalue weighted by atomic mass is 9.41. The molecule has 0 amide bonds. The lowest BCUT2D eigenvalue weighted by Crippen LogP contribution is -2.61. The second-order valence-corrected chi connectivity index (χ2v) is 17.5. The van der Waals surface area contributed by atoms with Crippen molar-refractivity contribution in [2.24, 2.45) is 52.3 Å². The van der Waals surface area contributed by atoms with Gasteiger partial charge in [-0.05, 0) is 127 Å². The van der Waals surface area contributed by atoms with Crippen molar-refractivity contribution in [1.29, 1.82) is 0 Å². The Balaban J connectivity index is 1.18. The minimum Gasteiger partial charge on any atom is -0.593 e. The quantitative estimate of drug-likeness (QED) is 0.179. The Kier molecular flexibility index (Phi) is 9.85. The molecule has 12 atom stereocenters. The fraction of sp³-hybridized carbons (Fsp3) is 0.833. The molecule has 238 valence electrons. The Labute approximate surface area is 259 Å². The number of hydrogen-bond donors (Lipinski definition) is 4. The largest absolute Gasteiger partial charge is 0.593 e. The normalized spacial score (nSPS) is 40.5. The van der Waals surface area contributed by atoms with Gasteiger partial charge in [0.05, 0.1) is 17.5 Å². The van der Waals surface area contributed by atoms with E-state index < -0.39 is 17.7 Å². The van der Waals surface area contributed by atoms with Gasteiger partial charge in [-0.2, -0.15) is 0 Å². The minimum atomic E-state index is -1.49. The third-order valence-electron chi connectivity index (χ3n) is 13.2. The van der Waals surface area contributed by atoms with E-state index in [1.54, 1.807) is 0 Å². The standard InChI is InChI=1S/C36H60N2O3S/c1-8-26-28-14-9-10-19-35(28,6)30-17-20-36(7)27(15-16-29(36)31(30)32(26)39)23(2)18-21-37-33(40)38-42(41)25-13-11-12-24(22-25)34(3,4)5/h11-13,22-23,26-33,37-40H,8-10,14-21H2,1-7H3/t23-,26-,27?,28+,29?,30?,31+,32-,33?,35+,36-,42?/m1/s1. The van der Waals surface area contributed by atoms with Crippen LogP contribution in [0.25, 0.3) is 0 Å². The fourth-order valence-electron chi connectivity index (χ4n) is 11.0. The van der Waals surface area contributed by atoms with Crippen molar-refractivity contribution in [3.05, 3.63) is 29.8 Å². The maximum absolute atomic E-state index is 12.9. The monoisotopic (exact) mass is 600 g/mol. The molecule has 1 aromatic carbocycles. The summed E-state index contributed by atoms with van der Waals surface area (Å²) in [6.07, 6.45) is 11.4. The molecule has 1 aromatic rings. The summed E-state index contributed by atoms with van der Waals surface area (Å²) in [6.45, 7) is 17.0. The van der Waals surface area contributed by atoms with Crippen LogP contribution >= 0.6 is 0 Å². The second-order valence-electron chi connectivity index (χ2n) is 16.2. The number of nitrogens with one attached hydrogen (secondary N) is 2. The summed E-state index contributed by atoms with van der Waals surface area (Å²) in [5, 5.41) is 25.7. The molecule has 42 heavy (non-hydrogen) atoms. The van der Waals surface area contributed by atoms with Crippen LogP contribution in [0.15, 0.2) is 29.2 Å². The van der Waals surface area contributed by atoms with E-state index in [0.29, 0.717) is 58.3 Å². The van der Waals surface area contributed by atoms with E-state index in [-0.39, 0.29) is 16.9 Å². The van der Waals surface area contributed by atoms with Gasteiger partial charge in [0.2, 0.25) is 6.35 Å². The van der Waals surface area contributed by atoms with Crippen molar-refractivity contribution in [2.45, 2.75) is 135 Å². The van der Waals surface area contributed by atoms with Crippen LogP contribution in [0.3, 0.4) is 0 Å². The predicted octanol–water partition coefficient (Wildman–Crippen LogP) is 7.14. The van der Waals surface area contributed by atoms with Gasteiger partial charge in [-0.1, -0.05) is 84.6 Å². The van der Waals surface area contributed by atoms with Crippen LogP contribution in [-0.4, -0.2) is 33.8 Å². The van der Waals surface area contributed by atoms with Crippen molar-refractivity contribution in [1.82, 2.24) is 10.0 Å². The van der Waals surface area contributed by atoms with Gasteiger partial charge in [-0.25, -0.2) is 0 Å². The molecule has 0 saturated heterocycles. The van der Waals surface area contributed by atoms with Gasteiger partial charge in [0.25, 0.3) is 0 Å². The van der Waals surface area contributed by atoms with Gasteiger partial charge >= 0.3 is 0 Å². The molecule has 6 heteroatoms. The molecule has 5 unspecified atom stereocenters. The van der Waals surface area contributed by atoms with Gasteiger partial charge in [-0.15, -0.1) is 0 Å². The number of aliphatic hydroxyl groups excluding tert-OH is 2. The Morgan fingerprint density at radius 1 is 1.02 bits per heavy atom. The first kappa shape index (κ1) is 32.8. The van der Waals surface area contributed by atoms with Crippen molar-refractivity contribution in [2.75, 3.05) is 6.54 Å². The van der Waals surface area contributed by atoms with Crippen molar-refractivity contribution < 1.29 is 14.8 Å². The predicted molar refractivity (Wildman–Crippen MR) is 173 cm³/mol. The number of benzene rings is 1. The van der Waals surface area contributed by atoms with Crippen LogP contribution in [0.5, 0.6) is 0 Å². The summed E-state index contributed by atoms with van der Waals surface area (Å²) in [7, 11) is 0. The molecule has 0 spiro atoms. The highest BCUT2D eigenvalue weighted by atomic mass is 32.2. The molecular weight excluding hydrogens is 540 g/mol. The first-order valence-electron chi connectivity index (χ1n) is 17.2. The molecule has 0 radical (unpaired) electrons. The molecule has 0 bridgehead atoms. The van der Waals surface area contributed by atoms with Crippen LogP contribution in [0, 0.1) is 52.3 Å². The second kappa shape index (κ2) is 12.6. The summed E-state index contributed by atoms with van der Waals surface area (Å²) in [6, 6.07) is 7.80. The summed E-state index contributed by atoms with van der Waals surface area (Å²) >= 11 is -1.49. The summed E-state index contributed by atoms with van der Waals surface area (Å²) < 4.78 is 15.7. The summed E-state index contributed by atoms with van der Waals surface area (Å²) in [5.74, 6) is 4.12. The smallest absolute Gasteiger partial charge is 0.202 e. The van der Waals surface area contributed by atoms with Crippen LogP contribution in [-0.2, 0) is 16.8 Å². The van der Waals surface area contributed by atoms with Crippen molar-refractivity contribution >= 4 is 11.4 Å². The van der Waals surface area contributed by atoms with E-state index in [4.69, 9.17) is 0 Å². The highest BCUT2D eigenvalue weighted by molar-refractivity contribution is 7.89. The molecule has 4 aliphatic rings. The lowest BCUT2D eigenvalue weighted by Gasteiger charge is -2.64. The Hall–Kier alpha value is -0.630. The van der Waals surface area contributed by atoms with E-state index in [1.165, 1.54) is 51.4 Å². The zero-order valence-electron chi connectivity index (χ0n) is 27.5. The third kappa shape index (κ3) is 5.99. The molecule has 0 heterocycles. The number of aliphatic hydroxyl groups is 2. The maximum Gasteiger partial charge on any atom is 0.202 e. The van der Waals surface area contributed by atoms with Crippen LogP contribution < -0.4 is 10.0 Å². The van der Waals surface area contributed by atoms with E-state index in [9.17, 15) is 14.8 Å².